The minimum Gasteiger partial charge on any atom is -0.356 e. The predicted molar refractivity (Wildman–Crippen MR) is 83.1 cm³/mol. The highest BCUT2D eigenvalue weighted by Crippen LogP contribution is 2.24. The summed E-state index contributed by atoms with van der Waals surface area (Å²) >= 11 is 12.0. The first-order chi connectivity index (χ1) is 9.56. The summed E-state index contributed by atoms with van der Waals surface area (Å²) in [4.78, 5) is 11.9. The van der Waals surface area contributed by atoms with Crippen LogP contribution in [0.2, 0.25) is 10.0 Å². The first kappa shape index (κ1) is 15.6. The largest absolute Gasteiger partial charge is 0.356 e. The van der Waals surface area contributed by atoms with Crippen LogP contribution in [-0.4, -0.2) is 18.5 Å². The van der Waals surface area contributed by atoms with E-state index >= 15 is 0 Å². The first-order valence-electron chi connectivity index (χ1n) is 7.03. The van der Waals surface area contributed by atoms with Gasteiger partial charge in [-0.15, -0.1) is 0 Å². The Morgan fingerprint density at radius 2 is 2.15 bits per heavy atom. The third kappa shape index (κ3) is 4.37. The lowest BCUT2D eigenvalue weighted by molar-refractivity contribution is -0.124. The van der Waals surface area contributed by atoms with Gasteiger partial charge < -0.3 is 11.1 Å². The highest BCUT2D eigenvalue weighted by molar-refractivity contribution is 6.35. The average Bonchev–Trinajstić information content (AvgIpc) is 2.83. The third-order valence-corrected chi connectivity index (χ3v) is 4.37. The number of hydrogen-bond donors (Lipinski definition) is 2. The van der Waals surface area contributed by atoms with Gasteiger partial charge in [-0.3, -0.25) is 4.79 Å². The van der Waals surface area contributed by atoms with E-state index in [1.165, 1.54) is 0 Å². The smallest absolute Gasteiger partial charge is 0.223 e. The average molecular weight is 315 g/mol. The summed E-state index contributed by atoms with van der Waals surface area (Å²) in [5.41, 5.74) is 6.88. The Kier molecular flexibility index (Phi) is 5.70. The van der Waals surface area contributed by atoms with E-state index in [1.54, 1.807) is 6.07 Å². The molecule has 0 heterocycles. The molecule has 2 unspecified atom stereocenters. The summed E-state index contributed by atoms with van der Waals surface area (Å²) in [7, 11) is 0. The van der Waals surface area contributed by atoms with Gasteiger partial charge >= 0.3 is 0 Å². The zero-order chi connectivity index (χ0) is 14.5. The molecule has 2 rings (SSSR count). The second-order valence-corrected chi connectivity index (χ2v) is 6.24. The fourth-order valence-corrected chi connectivity index (χ4v) is 3.12. The molecule has 20 heavy (non-hydrogen) atoms. The molecule has 1 aliphatic carbocycles. The summed E-state index contributed by atoms with van der Waals surface area (Å²) in [6, 6.07) is 5.71. The molecule has 5 heteroatoms. The highest BCUT2D eigenvalue weighted by atomic mass is 35.5. The van der Waals surface area contributed by atoms with Crippen molar-refractivity contribution >= 4 is 29.1 Å². The van der Waals surface area contributed by atoms with Crippen LogP contribution in [-0.2, 0) is 11.2 Å². The van der Waals surface area contributed by atoms with Crippen LogP contribution in [0.1, 0.15) is 31.2 Å². The van der Waals surface area contributed by atoms with Gasteiger partial charge in [0.2, 0.25) is 5.91 Å². The Bertz CT molecular complexity index is 479. The van der Waals surface area contributed by atoms with Crippen LogP contribution in [0.25, 0.3) is 0 Å². The SMILES string of the molecule is NC1CCC(C(=O)NCCCc2ccc(Cl)cc2Cl)C1. The second-order valence-electron chi connectivity index (χ2n) is 5.40. The topological polar surface area (TPSA) is 55.1 Å². The van der Waals surface area contributed by atoms with Crippen molar-refractivity contribution in [3.63, 3.8) is 0 Å². The van der Waals surface area contributed by atoms with Gasteiger partial charge in [0.05, 0.1) is 0 Å². The summed E-state index contributed by atoms with van der Waals surface area (Å²) < 4.78 is 0. The van der Waals surface area contributed by atoms with Gasteiger partial charge in [-0.2, -0.15) is 0 Å². The molecular formula is C15H20Cl2N2O. The van der Waals surface area contributed by atoms with E-state index in [0.29, 0.717) is 16.6 Å². The molecule has 0 aromatic heterocycles. The molecule has 110 valence electrons. The molecule has 0 saturated heterocycles. The Hall–Kier alpha value is -0.770. The lowest BCUT2D eigenvalue weighted by Crippen LogP contribution is -2.31. The van der Waals surface area contributed by atoms with Crippen molar-refractivity contribution in [2.75, 3.05) is 6.54 Å². The van der Waals surface area contributed by atoms with Gasteiger partial charge in [-0.05, 0) is 49.8 Å². The molecule has 1 aromatic carbocycles. The monoisotopic (exact) mass is 314 g/mol. The zero-order valence-corrected chi connectivity index (χ0v) is 12.9. The van der Waals surface area contributed by atoms with Crippen molar-refractivity contribution in [1.82, 2.24) is 5.32 Å². The van der Waals surface area contributed by atoms with Gasteiger partial charge in [-0.1, -0.05) is 29.3 Å². The minimum atomic E-state index is 0.101. The molecule has 1 fully saturated rings. The van der Waals surface area contributed by atoms with Gasteiger partial charge in [-0.25, -0.2) is 0 Å². The standard InChI is InChI=1S/C15H20Cl2N2O/c16-12-5-3-10(14(17)9-12)2-1-7-19-15(20)11-4-6-13(18)8-11/h3,5,9,11,13H,1-2,4,6-8,18H2,(H,19,20). The maximum absolute atomic E-state index is 11.9. The molecule has 1 saturated carbocycles. The fourth-order valence-electron chi connectivity index (χ4n) is 2.61. The molecule has 0 bridgehead atoms. The van der Waals surface area contributed by atoms with Crippen LogP contribution in [0.4, 0.5) is 0 Å². The van der Waals surface area contributed by atoms with Gasteiger partial charge in [0.15, 0.2) is 0 Å². The quantitative estimate of drug-likeness (QED) is 0.820. The molecule has 0 aliphatic heterocycles. The maximum Gasteiger partial charge on any atom is 0.223 e. The summed E-state index contributed by atoms with van der Waals surface area (Å²) in [5.74, 6) is 0.240. The third-order valence-electron chi connectivity index (χ3n) is 3.78. The minimum absolute atomic E-state index is 0.101. The number of nitrogens with one attached hydrogen (secondary N) is 1. The van der Waals surface area contributed by atoms with Crippen LogP contribution < -0.4 is 11.1 Å². The molecular weight excluding hydrogens is 295 g/mol. The van der Waals surface area contributed by atoms with Crippen LogP contribution in [0.3, 0.4) is 0 Å². The van der Waals surface area contributed by atoms with Crippen LogP contribution in [0.15, 0.2) is 18.2 Å². The summed E-state index contributed by atoms with van der Waals surface area (Å²) in [6.07, 6.45) is 4.38. The number of nitrogens with two attached hydrogens (primary N) is 1. The van der Waals surface area contributed by atoms with E-state index in [1.807, 2.05) is 12.1 Å². The normalized spacial score (nSPS) is 21.9. The Balaban J connectivity index is 1.70. The van der Waals surface area contributed by atoms with E-state index in [9.17, 15) is 4.79 Å². The number of carbonyl (C=O) groups excluding carboxylic acids is 1. The maximum atomic E-state index is 11.9. The van der Waals surface area contributed by atoms with Crippen molar-refractivity contribution in [2.24, 2.45) is 11.7 Å². The van der Waals surface area contributed by atoms with Crippen molar-refractivity contribution < 1.29 is 4.79 Å². The Morgan fingerprint density at radius 3 is 2.80 bits per heavy atom. The van der Waals surface area contributed by atoms with Gasteiger partial charge in [0.1, 0.15) is 0 Å². The molecule has 3 nitrogen and oxygen atoms in total. The van der Waals surface area contributed by atoms with E-state index in [2.05, 4.69) is 5.32 Å². The molecule has 1 aromatic rings. The first-order valence-corrected chi connectivity index (χ1v) is 7.79. The Morgan fingerprint density at radius 1 is 1.35 bits per heavy atom. The summed E-state index contributed by atoms with van der Waals surface area (Å²) in [6.45, 7) is 0.670. The van der Waals surface area contributed by atoms with Crippen LogP contribution in [0.5, 0.6) is 0 Å². The highest BCUT2D eigenvalue weighted by Gasteiger charge is 2.27. The lowest BCUT2D eigenvalue weighted by Gasteiger charge is -2.11. The van der Waals surface area contributed by atoms with Crippen molar-refractivity contribution in [3.05, 3.63) is 33.8 Å². The van der Waals surface area contributed by atoms with E-state index in [4.69, 9.17) is 28.9 Å². The lowest BCUT2D eigenvalue weighted by atomic mass is 10.1. The number of benzene rings is 1. The summed E-state index contributed by atoms with van der Waals surface area (Å²) in [5, 5.41) is 4.31. The van der Waals surface area contributed by atoms with E-state index in [-0.39, 0.29) is 17.9 Å². The number of halogens is 2. The Labute approximate surface area is 129 Å². The predicted octanol–water partition coefficient (Wildman–Crippen LogP) is 3.17. The molecule has 1 amide bonds. The van der Waals surface area contributed by atoms with Crippen molar-refractivity contribution in [3.8, 4) is 0 Å². The van der Waals surface area contributed by atoms with E-state index in [0.717, 1.165) is 37.7 Å². The van der Waals surface area contributed by atoms with Crippen molar-refractivity contribution in [2.45, 2.75) is 38.1 Å². The van der Waals surface area contributed by atoms with E-state index < -0.39 is 0 Å². The van der Waals surface area contributed by atoms with Crippen LogP contribution in [0, 0.1) is 5.92 Å². The van der Waals surface area contributed by atoms with Gasteiger partial charge in [0, 0.05) is 28.5 Å². The van der Waals surface area contributed by atoms with Crippen molar-refractivity contribution in [1.29, 1.82) is 0 Å². The number of hydrogen-bond acceptors (Lipinski definition) is 2. The van der Waals surface area contributed by atoms with Crippen LogP contribution >= 0.6 is 23.2 Å². The fraction of sp³-hybridized carbons (Fsp3) is 0.533. The zero-order valence-electron chi connectivity index (χ0n) is 11.4. The molecule has 1 aliphatic rings. The second kappa shape index (κ2) is 7.30. The molecule has 0 radical (unpaired) electrons. The number of aryl methyl sites for hydroxylation is 1. The number of amides is 1. The molecule has 3 N–H and O–H groups in total. The number of rotatable bonds is 5. The number of carbonyl (C=O) groups is 1. The molecule has 0 spiro atoms. The van der Waals surface area contributed by atoms with Gasteiger partial charge in [0.25, 0.3) is 0 Å². The molecule has 2 atom stereocenters.